The van der Waals surface area contributed by atoms with Gasteiger partial charge in [0, 0.05) is 23.5 Å². The molecule has 2 aromatic carbocycles. The molecule has 0 saturated heterocycles. The molecule has 0 spiro atoms. The third-order valence-electron chi connectivity index (χ3n) is 4.53. The number of phenols is 1. The summed E-state index contributed by atoms with van der Waals surface area (Å²) in [5, 5.41) is 35.1. The maximum absolute atomic E-state index is 10.6. The van der Waals surface area contributed by atoms with Crippen LogP contribution in [0.4, 0.5) is 0 Å². The average Bonchev–Trinajstić information content (AvgIpc) is 3.19. The number of benzene rings is 2. The van der Waals surface area contributed by atoms with Crippen molar-refractivity contribution in [2.75, 3.05) is 0 Å². The van der Waals surface area contributed by atoms with Crippen LogP contribution in [0.15, 0.2) is 54.7 Å². The van der Waals surface area contributed by atoms with E-state index in [1.54, 1.807) is 12.1 Å². The van der Waals surface area contributed by atoms with Gasteiger partial charge in [0.15, 0.2) is 0 Å². The predicted molar refractivity (Wildman–Crippen MR) is 126 cm³/mol. The van der Waals surface area contributed by atoms with Crippen molar-refractivity contribution in [2.45, 2.75) is 37.9 Å². The van der Waals surface area contributed by atoms with Crippen molar-refractivity contribution >= 4 is 28.8 Å². The highest BCUT2D eigenvalue weighted by Crippen LogP contribution is 2.18. The Labute approximate surface area is 195 Å². The van der Waals surface area contributed by atoms with Gasteiger partial charge in [-0.15, -0.1) is 0 Å². The van der Waals surface area contributed by atoms with Crippen LogP contribution in [0.1, 0.15) is 18.1 Å². The maximum Gasteiger partial charge on any atom is 0.320 e. The van der Waals surface area contributed by atoms with E-state index in [1.807, 2.05) is 30.5 Å². The molecule has 0 aliphatic heterocycles. The molecule has 0 fully saturated rings. The zero-order valence-corrected chi connectivity index (χ0v) is 18.6. The Hall–Kier alpha value is -3.93. The molecule has 1 aromatic heterocycles. The minimum Gasteiger partial charge on any atom is -0.508 e. The van der Waals surface area contributed by atoms with Crippen molar-refractivity contribution < 1.29 is 34.8 Å². The quantitative estimate of drug-likeness (QED) is 0.241. The van der Waals surface area contributed by atoms with E-state index in [0.29, 0.717) is 6.42 Å². The first-order valence-corrected chi connectivity index (χ1v) is 10.2. The third kappa shape index (κ3) is 9.69. The number of nitrogens with one attached hydrogen (secondary N) is 1. The topological polar surface area (TPSA) is 226 Å². The molecule has 0 saturated carbocycles. The van der Waals surface area contributed by atoms with E-state index in [4.69, 9.17) is 37.6 Å². The van der Waals surface area contributed by atoms with Crippen LogP contribution >= 0.6 is 0 Å². The number of H-pyrrole nitrogens is 1. The van der Waals surface area contributed by atoms with Crippen LogP contribution < -0.4 is 17.2 Å². The van der Waals surface area contributed by atoms with Crippen LogP contribution in [0.25, 0.3) is 10.9 Å². The van der Waals surface area contributed by atoms with Gasteiger partial charge in [0.25, 0.3) is 0 Å². The molecule has 0 bridgehead atoms. The van der Waals surface area contributed by atoms with Gasteiger partial charge in [0.1, 0.15) is 23.9 Å². The lowest BCUT2D eigenvalue weighted by atomic mass is 10.1. The Morgan fingerprint density at radius 1 is 0.824 bits per heavy atom. The number of aromatic amines is 1. The molecule has 11 N–H and O–H groups in total. The highest BCUT2D eigenvalue weighted by atomic mass is 16.4. The fourth-order valence-corrected chi connectivity index (χ4v) is 2.60. The van der Waals surface area contributed by atoms with E-state index < -0.39 is 36.0 Å². The number of phenolic OH excluding ortho intramolecular Hbond substituents is 1. The van der Waals surface area contributed by atoms with E-state index in [2.05, 4.69) is 4.98 Å². The van der Waals surface area contributed by atoms with E-state index in [0.717, 1.165) is 22.0 Å². The van der Waals surface area contributed by atoms with Crippen LogP contribution in [-0.4, -0.2) is 61.4 Å². The molecule has 3 rings (SSSR count). The standard InChI is InChI=1S/C11H12N2O2.C9H11NO3.C3H7NO2/c12-9(11(14)15)5-7-6-13-10-4-2-1-3-8(7)10;10-8(9(12)13)5-6-1-3-7(11)4-2-6;1-2(4)3(5)6/h1-4,6,9,13H,5,12H2,(H,14,15);1-4,8,11H,5,10H2,(H,12,13);2H,4H2,1H3,(H,5,6)/t9-;8-;2-/m000/s1. The van der Waals surface area contributed by atoms with E-state index >= 15 is 0 Å². The fraction of sp³-hybridized carbons (Fsp3) is 0.261. The lowest BCUT2D eigenvalue weighted by molar-refractivity contribution is -0.139. The van der Waals surface area contributed by atoms with Crippen molar-refractivity contribution in [3.63, 3.8) is 0 Å². The zero-order chi connectivity index (χ0) is 25.8. The molecule has 11 heteroatoms. The van der Waals surface area contributed by atoms with Crippen molar-refractivity contribution in [2.24, 2.45) is 17.2 Å². The van der Waals surface area contributed by atoms with Crippen LogP contribution in [0.3, 0.4) is 0 Å². The van der Waals surface area contributed by atoms with Gasteiger partial charge in [-0.25, -0.2) is 0 Å². The number of hydrogen-bond acceptors (Lipinski definition) is 7. The number of fused-ring (bicyclic) bond motifs is 1. The fourth-order valence-electron chi connectivity index (χ4n) is 2.60. The highest BCUT2D eigenvalue weighted by molar-refractivity contribution is 5.84. The molecule has 184 valence electrons. The Kier molecular flexibility index (Phi) is 11.2. The second kappa shape index (κ2) is 13.6. The Morgan fingerprint density at radius 2 is 1.32 bits per heavy atom. The predicted octanol–water partition coefficient (Wildman–Crippen LogP) is 0.887. The number of aromatic hydroxyl groups is 1. The molecule has 34 heavy (non-hydrogen) atoms. The molecule has 0 unspecified atom stereocenters. The monoisotopic (exact) mass is 474 g/mol. The summed E-state index contributed by atoms with van der Waals surface area (Å²) in [6.45, 7) is 1.42. The number of carboxylic acids is 3. The van der Waals surface area contributed by atoms with Gasteiger partial charge in [-0.1, -0.05) is 30.3 Å². The first-order valence-electron chi connectivity index (χ1n) is 10.2. The number of rotatable bonds is 7. The number of carboxylic acid groups (broad SMARTS) is 3. The van der Waals surface area contributed by atoms with Crippen LogP contribution in [0.5, 0.6) is 5.75 Å². The van der Waals surface area contributed by atoms with Gasteiger partial charge in [-0.2, -0.15) is 0 Å². The SMILES string of the molecule is C[C@H](N)C(=O)O.N[C@@H](Cc1c[nH]c2ccccc12)C(=O)O.N[C@@H](Cc1ccc(O)cc1)C(=O)O. The largest absolute Gasteiger partial charge is 0.508 e. The molecule has 0 aliphatic rings. The number of hydrogen-bond donors (Lipinski definition) is 8. The minimum absolute atomic E-state index is 0.160. The smallest absolute Gasteiger partial charge is 0.320 e. The molecule has 0 radical (unpaired) electrons. The molecule has 3 aromatic rings. The number of aromatic nitrogens is 1. The Bertz CT molecular complexity index is 1080. The number of nitrogens with two attached hydrogens (primary N) is 3. The second-order valence-electron chi connectivity index (χ2n) is 7.45. The van der Waals surface area contributed by atoms with Crippen molar-refractivity contribution in [3.05, 3.63) is 65.9 Å². The third-order valence-corrected chi connectivity index (χ3v) is 4.53. The average molecular weight is 475 g/mol. The molecular formula is C23H30N4O7. The summed E-state index contributed by atoms with van der Waals surface area (Å²) in [6, 6.07) is 11.6. The lowest BCUT2D eigenvalue weighted by Gasteiger charge is -2.05. The summed E-state index contributed by atoms with van der Waals surface area (Å²) >= 11 is 0. The Morgan fingerprint density at radius 3 is 1.82 bits per heavy atom. The summed E-state index contributed by atoms with van der Waals surface area (Å²) in [5.41, 5.74) is 18.4. The molecule has 0 aliphatic carbocycles. The van der Waals surface area contributed by atoms with Crippen LogP contribution in [-0.2, 0) is 27.2 Å². The van der Waals surface area contributed by atoms with Gasteiger partial charge in [-0.05, 0) is 42.7 Å². The van der Waals surface area contributed by atoms with Gasteiger partial charge >= 0.3 is 17.9 Å². The number of para-hydroxylation sites is 1. The summed E-state index contributed by atoms with van der Waals surface area (Å²) in [4.78, 5) is 33.7. The summed E-state index contributed by atoms with van der Waals surface area (Å²) in [6.07, 6.45) is 2.43. The first-order chi connectivity index (χ1) is 15.9. The van der Waals surface area contributed by atoms with E-state index in [9.17, 15) is 14.4 Å². The summed E-state index contributed by atoms with van der Waals surface area (Å²) < 4.78 is 0. The zero-order valence-electron chi connectivity index (χ0n) is 18.6. The molecular weight excluding hydrogens is 444 g/mol. The van der Waals surface area contributed by atoms with Crippen molar-refractivity contribution in [1.29, 1.82) is 0 Å². The Balaban J connectivity index is 0.000000279. The number of carbonyl (C=O) groups is 3. The minimum atomic E-state index is -1.02. The molecule has 11 nitrogen and oxygen atoms in total. The first kappa shape index (κ1) is 28.1. The highest BCUT2D eigenvalue weighted by Gasteiger charge is 2.14. The van der Waals surface area contributed by atoms with Gasteiger partial charge in [0.05, 0.1) is 0 Å². The summed E-state index contributed by atoms with van der Waals surface area (Å²) in [7, 11) is 0. The summed E-state index contributed by atoms with van der Waals surface area (Å²) in [5.74, 6) is -2.80. The van der Waals surface area contributed by atoms with Crippen molar-refractivity contribution in [1.82, 2.24) is 4.98 Å². The van der Waals surface area contributed by atoms with Gasteiger partial charge in [0.2, 0.25) is 0 Å². The van der Waals surface area contributed by atoms with E-state index in [1.165, 1.54) is 19.1 Å². The number of aliphatic carboxylic acids is 3. The second-order valence-corrected chi connectivity index (χ2v) is 7.45. The van der Waals surface area contributed by atoms with Crippen molar-refractivity contribution in [3.8, 4) is 5.75 Å². The van der Waals surface area contributed by atoms with Crippen LogP contribution in [0.2, 0.25) is 0 Å². The molecule has 0 amide bonds. The van der Waals surface area contributed by atoms with E-state index in [-0.39, 0.29) is 12.2 Å². The van der Waals surface area contributed by atoms with Gasteiger partial charge < -0.3 is 42.6 Å². The maximum atomic E-state index is 10.6. The molecule has 1 heterocycles. The lowest BCUT2D eigenvalue weighted by Crippen LogP contribution is -2.32. The van der Waals surface area contributed by atoms with Crippen LogP contribution in [0, 0.1) is 0 Å². The van der Waals surface area contributed by atoms with Gasteiger partial charge in [-0.3, -0.25) is 14.4 Å². The normalized spacial score (nSPS) is 12.8. The molecule has 3 atom stereocenters.